The van der Waals surface area contributed by atoms with Crippen molar-refractivity contribution >= 4 is 22.6 Å². The molecule has 1 saturated heterocycles. The van der Waals surface area contributed by atoms with Gasteiger partial charge in [0.1, 0.15) is 16.4 Å². The van der Waals surface area contributed by atoms with Crippen molar-refractivity contribution in [2.24, 2.45) is 0 Å². The predicted octanol–water partition coefficient (Wildman–Crippen LogP) is 3.89. The second kappa shape index (κ2) is 8.22. The molecular weight excluding hydrogens is 458 g/mol. The highest BCUT2D eigenvalue weighted by Crippen LogP contribution is 2.45. The molecular formula is C25H30F2N4O2S. The van der Waals surface area contributed by atoms with Gasteiger partial charge in [-0.15, -0.1) is 0 Å². The number of aromatic nitrogens is 2. The molecule has 9 heteroatoms. The lowest BCUT2D eigenvalue weighted by atomic mass is 9.77. The molecule has 3 heterocycles. The zero-order chi connectivity index (χ0) is 23.5. The molecule has 6 rings (SSSR count). The van der Waals surface area contributed by atoms with Gasteiger partial charge in [-0.1, -0.05) is 18.2 Å². The summed E-state index contributed by atoms with van der Waals surface area (Å²) >= 11 is 0. The first-order chi connectivity index (χ1) is 16.4. The number of alkyl halides is 2. The van der Waals surface area contributed by atoms with Crippen molar-refractivity contribution in [3.63, 3.8) is 0 Å². The van der Waals surface area contributed by atoms with Crippen LogP contribution in [-0.2, 0) is 29.6 Å². The molecule has 1 aromatic heterocycles. The second-order valence-corrected chi connectivity index (χ2v) is 11.7. The Labute approximate surface area is 200 Å². The second-order valence-electron chi connectivity index (χ2n) is 10.3. The quantitative estimate of drug-likeness (QED) is 0.665. The number of nitrogens with one attached hydrogen (secondary N) is 1. The number of fused-ring (bicyclic) bond motifs is 2. The van der Waals surface area contributed by atoms with Crippen molar-refractivity contribution < 1.29 is 18.1 Å². The summed E-state index contributed by atoms with van der Waals surface area (Å²) in [7, 11) is -1.88. The van der Waals surface area contributed by atoms with Crippen LogP contribution in [0.1, 0.15) is 66.8 Å². The van der Waals surface area contributed by atoms with Crippen molar-refractivity contribution in [2.45, 2.75) is 73.6 Å². The van der Waals surface area contributed by atoms with Gasteiger partial charge in [0.05, 0.1) is 28.7 Å². The lowest BCUT2D eigenvalue weighted by Gasteiger charge is -2.42. The fourth-order valence-electron chi connectivity index (χ4n) is 5.87. The number of halogens is 2. The van der Waals surface area contributed by atoms with Crippen LogP contribution in [0, 0.1) is 0 Å². The van der Waals surface area contributed by atoms with E-state index in [4.69, 9.17) is 0 Å². The minimum Gasteiger partial charge on any atom is -0.394 e. The van der Waals surface area contributed by atoms with Gasteiger partial charge in [0.15, 0.2) is 0 Å². The van der Waals surface area contributed by atoms with E-state index in [-0.39, 0.29) is 23.3 Å². The molecule has 34 heavy (non-hydrogen) atoms. The van der Waals surface area contributed by atoms with Crippen molar-refractivity contribution in [2.75, 3.05) is 35.7 Å². The van der Waals surface area contributed by atoms with Crippen LogP contribution in [0.5, 0.6) is 0 Å². The monoisotopic (exact) mass is 488 g/mol. The fraction of sp³-hybridized carbons (Fsp3) is 0.600. The van der Waals surface area contributed by atoms with Gasteiger partial charge < -0.3 is 15.3 Å². The van der Waals surface area contributed by atoms with Crippen LogP contribution in [0.3, 0.4) is 0 Å². The van der Waals surface area contributed by atoms with E-state index in [1.807, 2.05) is 4.90 Å². The third-order valence-electron chi connectivity index (χ3n) is 8.11. The summed E-state index contributed by atoms with van der Waals surface area (Å²) in [5.74, 6) is -3.11. The largest absolute Gasteiger partial charge is 0.394 e. The maximum Gasteiger partial charge on any atom is 0.302 e. The van der Waals surface area contributed by atoms with E-state index >= 15 is 0 Å². The molecule has 0 bridgehead atoms. The minimum atomic E-state index is -3.25. The van der Waals surface area contributed by atoms with Crippen LogP contribution in [0.2, 0.25) is 0 Å². The molecule has 0 unspecified atom stereocenters. The zero-order valence-corrected chi connectivity index (χ0v) is 20.0. The third-order valence-corrected chi connectivity index (χ3v) is 9.58. The Hall–Kier alpha value is -2.13. The van der Waals surface area contributed by atoms with E-state index in [1.165, 1.54) is 29.5 Å². The molecule has 4 aliphatic rings. The molecule has 2 N–H and O–H groups in total. The van der Waals surface area contributed by atoms with Gasteiger partial charge in [0.25, 0.3) is 0 Å². The maximum atomic E-state index is 14.7. The molecule has 2 aliphatic heterocycles. The smallest absolute Gasteiger partial charge is 0.302 e. The Kier molecular flexibility index (Phi) is 5.40. The summed E-state index contributed by atoms with van der Waals surface area (Å²) in [4.78, 5) is 10.8. The van der Waals surface area contributed by atoms with Crippen molar-refractivity contribution in [1.82, 2.24) is 9.97 Å². The minimum absolute atomic E-state index is 0.00139. The normalized spacial score (nSPS) is 25.0. The lowest BCUT2D eigenvalue weighted by Crippen LogP contribution is -2.49. The number of rotatable bonds is 5. The standard InChI is InChI=1S/C25H30F2N4O2S/c26-25(27)15-34(33)20-21(25)28-23(29-22(20)30-24(14-32)9-2-10-24)31-11-7-17(8-12-31)19-6-5-16-3-1-4-18(16)13-19/h5-6,13,17,32H,1-4,7-12,14-15H2,(H,28,29,30)/t34-/m1/s1. The highest BCUT2D eigenvalue weighted by molar-refractivity contribution is 7.85. The highest BCUT2D eigenvalue weighted by atomic mass is 32.2. The molecule has 1 aromatic carbocycles. The molecule has 0 spiro atoms. The van der Waals surface area contributed by atoms with Gasteiger partial charge in [-0.3, -0.25) is 4.21 Å². The zero-order valence-electron chi connectivity index (χ0n) is 19.2. The maximum absolute atomic E-state index is 14.7. The Morgan fingerprint density at radius 2 is 1.88 bits per heavy atom. The number of aryl methyl sites for hydroxylation is 2. The van der Waals surface area contributed by atoms with Crippen LogP contribution >= 0.6 is 0 Å². The molecule has 1 saturated carbocycles. The van der Waals surface area contributed by atoms with Gasteiger partial charge in [0, 0.05) is 13.1 Å². The van der Waals surface area contributed by atoms with Crippen LogP contribution in [0.25, 0.3) is 0 Å². The Bertz CT molecular complexity index is 1140. The molecule has 2 fully saturated rings. The van der Waals surface area contributed by atoms with Gasteiger partial charge in [0.2, 0.25) is 5.95 Å². The van der Waals surface area contributed by atoms with Crippen LogP contribution in [-0.4, -0.2) is 50.3 Å². The van der Waals surface area contributed by atoms with E-state index in [0.717, 1.165) is 38.5 Å². The molecule has 0 radical (unpaired) electrons. The number of hydrogen-bond donors (Lipinski definition) is 2. The van der Waals surface area contributed by atoms with Crippen LogP contribution < -0.4 is 10.2 Å². The Morgan fingerprint density at radius 3 is 2.59 bits per heavy atom. The van der Waals surface area contributed by atoms with Gasteiger partial charge >= 0.3 is 5.92 Å². The highest BCUT2D eigenvalue weighted by Gasteiger charge is 2.49. The molecule has 182 valence electrons. The van der Waals surface area contributed by atoms with Crippen molar-refractivity contribution in [3.8, 4) is 0 Å². The number of aliphatic hydroxyl groups is 1. The van der Waals surface area contributed by atoms with Crippen LogP contribution in [0.4, 0.5) is 20.5 Å². The summed E-state index contributed by atoms with van der Waals surface area (Å²) in [6.07, 6.45) is 7.79. The lowest BCUT2D eigenvalue weighted by molar-refractivity contribution is 0.0191. The Balaban J connectivity index is 1.26. The number of benzene rings is 1. The summed E-state index contributed by atoms with van der Waals surface area (Å²) in [5, 5.41) is 13.1. The first-order valence-corrected chi connectivity index (χ1v) is 13.6. The topological polar surface area (TPSA) is 78.4 Å². The molecule has 6 nitrogen and oxygen atoms in total. The van der Waals surface area contributed by atoms with E-state index in [9.17, 15) is 18.1 Å². The molecule has 1 atom stereocenters. The number of piperidine rings is 1. The van der Waals surface area contributed by atoms with E-state index < -0.39 is 33.7 Å². The average molecular weight is 489 g/mol. The van der Waals surface area contributed by atoms with E-state index in [0.29, 0.717) is 19.0 Å². The first kappa shape index (κ1) is 22.3. The van der Waals surface area contributed by atoms with E-state index in [2.05, 4.69) is 33.5 Å². The SMILES string of the molecule is O=[S@@]1CC(F)(F)c2nc(N3CCC(c4ccc5c(c4)CCC5)CC3)nc(NC3(CO)CCC3)c21. The van der Waals surface area contributed by atoms with Crippen molar-refractivity contribution in [3.05, 3.63) is 40.6 Å². The fourth-order valence-corrected chi connectivity index (χ4v) is 7.20. The van der Waals surface area contributed by atoms with Crippen LogP contribution in [0.15, 0.2) is 23.1 Å². The summed E-state index contributed by atoms with van der Waals surface area (Å²) in [5.41, 5.74) is 3.31. The molecule has 2 aromatic rings. The first-order valence-electron chi connectivity index (χ1n) is 12.3. The summed E-state index contributed by atoms with van der Waals surface area (Å²) in [6.45, 7) is 1.25. The van der Waals surface area contributed by atoms with Crippen molar-refractivity contribution in [1.29, 1.82) is 0 Å². The Morgan fingerprint density at radius 1 is 1.12 bits per heavy atom. The molecule has 0 amide bonds. The third kappa shape index (κ3) is 3.71. The number of nitrogens with zero attached hydrogens (tertiary/aromatic N) is 3. The van der Waals surface area contributed by atoms with Gasteiger partial charge in [-0.2, -0.15) is 13.8 Å². The average Bonchev–Trinajstić information content (AvgIpc) is 3.37. The summed E-state index contributed by atoms with van der Waals surface area (Å²) < 4.78 is 42.1. The van der Waals surface area contributed by atoms with E-state index in [1.54, 1.807) is 0 Å². The van der Waals surface area contributed by atoms with Gasteiger partial charge in [-0.05, 0) is 74.0 Å². The number of anilines is 2. The number of hydrogen-bond acceptors (Lipinski definition) is 6. The number of aliphatic hydroxyl groups excluding tert-OH is 1. The summed E-state index contributed by atoms with van der Waals surface area (Å²) in [6, 6.07) is 6.88. The predicted molar refractivity (Wildman–Crippen MR) is 127 cm³/mol. The molecule has 2 aliphatic carbocycles. The van der Waals surface area contributed by atoms with Gasteiger partial charge in [-0.25, -0.2) is 4.98 Å².